The summed E-state index contributed by atoms with van der Waals surface area (Å²) in [6.45, 7) is 6.46. The second-order valence-corrected chi connectivity index (χ2v) is 8.18. The Labute approximate surface area is 196 Å². The predicted molar refractivity (Wildman–Crippen MR) is 125 cm³/mol. The zero-order chi connectivity index (χ0) is 24.6. The highest BCUT2D eigenvalue weighted by atomic mass is 16.6. The highest BCUT2D eigenvalue weighted by Gasteiger charge is 2.30. The maximum Gasteiger partial charge on any atom is 0.407 e. The molecule has 0 saturated carbocycles. The summed E-state index contributed by atoms with van der Waals surface area (Å²) in [5, 5.41) is 7.82. The molecule has 1 aromatic rings. The van der Waals surface area contributed by atoms with Crippen molar-refractivity contribution < 1.29 is 28.7 Å². The molecule has 2 atom stereocenters. The predicted octanol–water partition coefficient (Wildman–Crippen LogP) is 1.99. The number of methoxy groups -OCH3 is 1. The molecular weight excluding hydrogens is 426 g/mol. The van der Waals surface area contributed by atoms with Gasteiger partial charge in [-0.05, 0) is 24.3 Å². The van der Waals surface area contributed by atoms with Gasteiger partial charge >= 0.3 is 6.09 Å². The van der Waals surface area contributed by atoms with E-state index in [-0.39, 0.29) is 25.6 Å². The van der Waals surface area contributed by atoms with E-state index in [9.17, 15) is 19.2 Å². The Bertz CT molecular complexity index is 754. The summed E-state index contributed by atoms with van der Waals surface area (Å²) in [7, 11) is 1.48. The number of amides is 3. The summed E-state index contributed by atoms with van der Waals surface area (Å²) >= 11 is 0. The van der Waals surface area contributed by atoms with Gasteiger partial charge in [0.15, 0.2) is 0 Å². The van der Waals surface area contributed by atoms with E-state index in [1.54, 1.807) is 0 Å². The van der Waals surface area contributed by atoms with Crippen LogP contribution in [-0.4, -0.2) is 62.6 Å². The van der Waals surface area contributed by atoms with Crippen molar-refractivity contribution in [2.45, 2.75) is 58.5 Å². The molecular formula is C24H37N3O6. The van der Waals surface area contributed by atoms with E-state index in [2.05, 4.69) is 16.0 Å². The summed E-state index contributed by atoms with van der Waals surface area (Å²) in [6, 6.07) is 7.13. The lowest BCUT2D eigenvalue weighted by atomic mass is 9.99. The Balaban J connectivity index is 2.95. The number of hydrogen-bond acceptors (Lipinski definition) is 6. The minimum atomic E-state index is -1.07. The van der Waals surface area contributed by atoms with Gasteiger partial charge in [-0.25, -0.2) is 4.79 Å². The highest BCUT2D eigenvalue weighted by molar-refractivity contribution is 6.38. The van der Waals surface area contributed by atoms with Gasteiger partial charge in [-0.2, -0.15) is 0 Å². The molecule has 1 rings (SSSR count). The fraction of sp³-hybridized carbons (Fsp3) is 0.583. The lowest BCUT2D eigenvalue weighted by Crippen LogP contribution is -2.55. The molecule has 0 aromatic heterocycles. The first kappa shape index (κ1) is 28.1. The second-order valence-electron chi connectivity index (χ2n) is 8.18. The minimum Gasteiger partial charge on any atom is -0.447 e. The van der Waals surface area contributed by atoms with Crippen LogP contribution >= 0.6 is 0 Å². The van der Waals surface area contributed by atoms with E-state index in [1.807, 2.05) is 51.1 Å². The lowest BCUT2D eigenvalue weighted by Gasteiger charge is -2.23. The van der Waals surface area contributed by atoms with Crippen molar-refractivity contribution in [3.8, 4) is 0 Å². The third-order valence-electron chi connectivity index (χ3n) is 4.79. The molecule has 9 heteroatoms. The standard InChI is InChI=1S/C24H37N3O6/c1-5-6-12-25-23(30)21(28)19(16-18-10-8-7-9-11-18)26-22(29)20(15-17(2)3)27-24(31)33-14-13-32-4/h7-11,17,19-20H,5-6,12-16H2,1-4H3,(H,25,30)(H,26,29)(H,27,31)/t19-,20-/m0/s1. The first-order chi connectivity index (χ1) is 15.8. The minimum absolute atomic E-state index is 0.0470. The van der Waals surface area contributed by atoms with Gasteiger partial charge in [-0.15, -0.1) is 0 Å². The molecule has 1 aromatic carbocycles. The molecule has 0 unspecified atom stereocenters. The molecule has 0 radical (unpaired) electrons. The Hall–Kier alpha value is -2.94. The van der Waals surface area contributed by atoms with Crippen LogP contribution in [0.4, 0.5) is 4.79 Å². The largest absolute Gasteiger partial charge is 0.447 e. The average Bonchev–Trinajstić information content (AvgIpc) is 2.78. The molecule has 0 saturated heterocycles. The third-order valence-corrected chi connectivity index (χ3v) is 4.79. The molecule has 0 aliphatic carbocycles. The van der Waals surface area contributed by atoms with Crippen LogP contribution < -0.4 is 16.0 Å². The molecule has 9 nitrogen and oxygen atoms in total. The average molecular weight is 464 g/mol. The van der Waals surface area contributed by atoms with Crippen molar-refractivity contribution in [1.29, 1.82) is 0 Å². The van der Waals surface area contributed by atoms with Crippen LogP contribution in [-0.2, 0) is 30.3 Å². The number of Topliss-reactive ketones (excluding diaryl/α,β-unsaturated/α-hetero) is 1. The van der Waals surface area contributed by atoms with E-state index < -0.39 is 35.8 Å². The van der Waals surface area contributed by atoms with Crippen LogP contribution in [0.3, 0.4) is 0 Å². The monoisotopic (exact) mass is 463 g/mol. The topological polar surface area (TPSA) is 123 Å². The van der Waals surface area contributed by atoms with E-state index in [1.165, 1.54) is 7.11 Å². The number of hydrogen-bond donors (Lipinski definition) is 3. The Morgan fingerprint density at radius 1 is 0.970 bits per heavy atom. The zero-order valence-electron chi connectivity index (χ0n) is 20.0. The fourth-order valence-electron chi connectivity index (χ4n) is 3.06. The molecule has 0 bridgehead atoms. The lowest BCUT2D eigenvalue weighted by molar-refractivity contribution is -0.140. The molecule has 3 amide bonds. The quantitative estimate of drug-likeness (QED) is 0.270. The first-order valence-electron chi connectivity index (χ1n) is 11.4. The van der Waals surface area contributed by atoms with Gasteiger partial charge in [0.05, 0.1) is 6.61 Å². The van der Waals surface area contributed by atoms with Gasteiger partial charge in [-0.1, -0.05) is 57.5 Å². The molecule has 0 aliphatic rings. The van der Waals surface area contributed by atoms with Gasteiger partial charge in [-0.3, -0.25) is 14.4 Å². The number of alkyl carbamates (subject to hydrolysis) is 1. The van der Waals surface area contributed by atoms with Crippen molar-refractivity contribution in [3.63, 3.8) is 0 Å². The van der Waals surface area contributed by atoms with E-state index in [0.29, 0.717) is 13.0 Å². The van der Waals surface area contributed by atoms with E-state index >= 15 is 0 Å². The van der Waals surface area contributed by atoms with Gasteiger partial charge in [0, 0.05) is 20.1 Å². The summed E-state index contributed by atoms with van der Waals surface area (Å²) < 4.78 is 9.84. The van der Waals surface area contributed by atoms with Crippen LogP contribution in [0.15, 0.2) is 30.3 Å². The zero-order valence-corrected chi connectivity index (χ0v) is 20.0. The van der Waals surface area contributed by atoms with Crippen LogP contribution in [0.5, 0.6) is 0 Å². The molecule has 3 N–H and O–H groups in total. The van der Waals surface area contributed by atoms with Crippen LogP contribution in [0, 0.1) is 5.92 Å². The Morgan fingerprint density at radius 2 is 1.67 bits per heavy atom. The summed E-state index contributed by atoms with van der Waals surface area (Å²) in [5.74, 6) is -1.94. The van der Waals surface area contributed by atoms with Gasteiger partial charge in [0.2, 0.25) is 11.7 Å². The Morgan fingerprint density at radius 3 is 2.27 bits per heavy atom. The summed E-state index contributed by atoms with van der Waals surface area (Å²) in [6.07, 6.45) is 1.36. The number of carbonyl (C=O) groups excluding carboxylic acids is 4. The number of carbonyl (C=O) groups is 4. The number of ketones is 1. The van der Waals surface area contributed by atoms with Gasteiger partial charge < -0.3 is 25.4 Å². The van der Waals surface area contributed by atoms with Crippen LogP contribution in [0.25, 0.3) is 0 Å². The smallest absolute Gasteiger partial charge is 0.407 e. The normalized spacial score (nSPS) is 12.5. The third kappa shape index (κ3) is 11.5. The summed E-state index contributed by atoms with van der Waals surface area (Å²) in [5.41, 5.74) is 0.796. The van der Waals surface area contributed by atoms with Gasteiger partial charge in [0.1, 0.15) is 18.7 Å². The van der Waals surface area contributed by atoms with E-state index in [4.69, 9.17) is 9.47 Å². The maximum atomic E-state index is 13.0. The van der Waals surface area contributed by atoms with Crippen molar-refractivity contribution in [2.75, 3.05) is 26.9 Å². The fourth-order valence-corrected chi connectivity index (χ4v) is 3.06. The van der Waals surface area contributed by atoms with Gasteiger partial charge in [0.25, 0.3) is 5.91 Å². The SMILES string of the molecule is CCCCNC(=O)C(=O)[C@H](Cc1ccccc1)NC(=O)[C@H](CC(C)C)NC(=O)OCCOC. The van der Waals surface area contributed by atoms with Crippen molar-refractivity contribution >= 4 is 23.7 Å². The molecule has 0 aliphatic heterocycles. The van der Waals surface area contributed by atoms with Crippen LogP contribution in [0.2, 0.25) is 0 Å². The highest BCUT2D eigenvalue weighted by Crippen LogP contribution is 2.09. The van der Waals surface area contributed by atoms with Crippen molar-refractivity contribution in [2.24, 2.45) is 5.92 Å². The van der Waals surface area contributed by atoms with Crippen molar-refractivity contribution in [3.05, 3.63) is 35.9 Å². The Kier molecular flexibility index (Phi) is 13.4. The van der Waals surface area contributed by atoms with Crippen molar-refractivity contribution in [1.82, 2.24) is 16.0 Å². The number of nitrogens with one attached hydrogen (secondary N) is 3. The number of ether oxygens (including phenoxy) is 2. The summed E-state index contributed by atoms with van der Waals surface area (Å²) in [4.78, 5) is 50.4. The molecule has 33 heavy (non-hydrogen) atoms. The molecule has 184 valence electrons. The van der Waals surface area contributed by atoms with Crippen LogP contribution in [0.1, 0.15) is 45.6 Å². The number of rotatable bonds is 15. The molecule has 0 spiro atoms. The second kappa shape index (κ2) is 15.8. The molecule has 0 fully saturated rings. The molecule has 0 heterocycles. The maximum absolute atomic E-state index is 13.0. The number of unbranched alkanes of at least 4 members (excludes halogenated alkanes) is 1. The number of benzene rings is 1. The van der Waals surface area contributed by atoms with E-state index in [0.717, 1.165) is 18.4 Å². The first-order valence-corrected chi connectivity index (χ1v) is 11.4.